The molecule has 2 N–H and O–H groups in total. The number of nitrogens with one attached hydrogen (secondary N) is 2. The Morgan fingerprint density at radius 1 is 1.20 bits per heavy atom. The number of benzene rings is 1. The van der Waals surface area contributed by atoms with E-state index < -0.39 is 0 Å². The van der Waals surface area contributed by atoms with E-state index in [4.69, 9.17) is 0 Å². The van der Waals surface area contributed by atoms with Crippen molar-refractivity contribution in [3.05, 3.63) is 45.7 Å². The van der Waals surface area contributed by atoms with E-state index in [9.17, 15) is 4.79 Å². The van der Waals surface area contributed by atoms with E-state index in [-0.39, 0.29) is 5.91 Å². The van der Waals surface area contributed by atoms with E-state index in [1.54, 1.807) is 12.1 Å². The normalized spacial score (nSPS) is 10.1. The second-order valence-corrected chi connectivity index (χ2v) is 5.33. The Labute approximate surface area is 131 Å². The minimum Gasteiger partial charge on any atom is -0.369 e. The first kappa shape index (κ1) is 14.7. The molecule has 0 aliphatic rings. The molecule has 0 radical (unpaired) electrons. The number of hydrogen-bond donors (Lipinski definition) is 2. The first-order valence-electron chi connectivity index (χ1n) is 6.34. The molecule has 0 saturated carbocycles. The molecule has 0 bridgehead atoms. The smallest absolute Gasteiger partial charge is 0.276 e. The summed E-state index contributed by atoms with van der Waals surface area (Å²) < 4.78 is 0.979. The molecular weight excluding hydrogens is 367 g/mol. The Morgan fingerprint density at radius 2 is 2.00 bits per heavy atom. The molecule has 0 atom stereocenters. The van der Waals surface area contributed by atoms with E-state index in [1.165, 1.54) is 0 Å². The van der Waals surface area contributed by atoms with Crippen molar-refractivity contribution in [3.63, 3.8) is 0 Å². The van der Waals surface area contributed by atoms with Gasteiger partial charge in [0, 0.05) is 10.1 Å². The van der Waals surface area contributed by atoms with Gasteiger partial charge in [-0.3, -0.25) is 4.79 Å². The lowest BCUT2D eigenvalue weighted by molar-refractivity contribution is 0.102. The summed E-state index contributed by atoms with van der Waals surface area (Å²) in [6, 6.07) is 11.0. The second kappa shape index (κ2) is 7.18. The predicted molar refractivity (Wildman–Crippen MR) is 87.9 cm³/mol. The lowest BCUT2D eigenvalue weighted by Gasteiger charge is -2.07. The van der Waals surface area contributed by atoms with Crippen molar-refractivity contribution < 1.29 is 4.79 Å². The summed E-state index contributed by atoms with van der Waals surface area (Å²) in [6.45, 7) is 2.91. The van der Waals surface area contributed by atoms with Crippen LogP contribution < -0.4 is 10.6 Å². The van der Waals surface area contributed by atoms with Gasteiger partial charge >= 0.3 is 0 Å². The topological polar surface area (TPSA) is 66.9 Å². The molecule has 0 spiro atoms. The van der Waals surface area contributed by atoms with Gasteiger partial charge in [0.15, 0.2) is 5.69 Å². The van der Waals surface area contributed by atoms with E-state index >= 15 is 0 Å². The minimum atomic E-state index is -0.261. The number of halogens is 1. The first-order valence-corrected chi connectivity index (χ1v) is 7.42. The highest BCUT2D eigenvalue weighted by Gasteiger charge is 2.10. The van der Waals surface area contributed by atoms with Crippen molar-refractivity contribution in [2.75, 3.05) is 17.2 Å². The van der Waals surface area contributed by atoms with Crippen molar-refractivity contribution in [2.45, 2.75) is 13.3 Å². The third-order valence-corrected chi connectivity index (χ3v) is 3.52. The standard InChI is InChI=1S/C14H15IN4O/c1-2-9-16-13-8-7-12(18-19-13)14(20)17-11-6-4-3-5-10(11)15/h3-8H,2,9H2,1H3,(H,16,19)(H,17,20). The number of carbonyl (C=O) groups excluding carboxylic acids is 1. The highest BCUT2D eigenvalue weighted by atomic mass is 127. The third-order valence-electron chi connectivity index (χ3n) is 2.58. The van der Waals surface area contributed by atoms with Crippen LogP contribution >= 0.6 is 22.6 Å². The maximum atomic E-state index is 12.1. The van der Waals surface area contributed by atoms with Crippen molar-refractivity contribution in [1.29, 1.82) is 0 Å². The fraction of sp³-hybridized carbons (Fsp3) is 0.214. The number of nitrogens with zero attached hydrogens (tertiary/aromatic N) is 2. The number of para-hydroxylation sites is 1. The van der Waals surface area contributed by atoms with Crippen LogP contribution in [-0.2, 0) is 0 Å². The molecule has 20 heavy (non-hydrogen) atoms. The van der Waals surface area contributed by atoms with Gasteiger partial charge in [-0.15, -0.1) is 10.2 Å². The zero-order chi connectivity index (χ0) is 14.4. The molecule has 0 saturated heterocycles. The van der Waals surface area contributed by atoms with Gasteiger partial charge in [-0.2, -0.15) is 0 Å². The molecule has 104 valence electrons. The van der Waals surface area contributed by atoms with Crippen LogP contribution in [0.1, 0.15) is 23.8 Å². The number of rotatable bonds is 5. The number of aromatic nitrogens is 2. The van der Waals surface area contributed by atoms with Gasteiger partial charge in [0.2, 0.25) is 0 Å². The Hall–Kier alpha value is -1.70. The van der Waals surface area contributed by atoms with E-state index in [0.29, 0.717) is 11.5 Å². The Morgan fingerprint density at radius 3 is 2.65 bits per heavy atom. The van der Waals surface area contributed by atoms with Crippen LogP contribution in [0.15, 0.2) is 36.4 Å². The molecule has 1 amide bonds. The quantitative estimate of drug-likeness (QED) is 0.780. The van der Waals surface area contributed by atoms with Gasteiger partial charge in [-0.25, -0.2) is 0 Å². The Kier molecular flexibility index (Phi) is 5.28. The van der Waals surface area contributed by atoms with Crippen molar-refractivity contribution in [3.8, 4) is 0 Å². The van der Waals surface area contributed by atoms with Crippen molar-refractivity contribution in [1.82, 2.24) is 10.2 Å². The molecule has 1 heterocycles. The molecule has 0 unspecified atom stereocenters. The number of anilines is 2. The van der Waals surface area contributed by atoms with Crippen LogP contribution in [-0.4, -0.2) is 22.6 Å². The molecule has 6 heteroatoms. The monoisotopic (exact) mass is 382 g/mol. The fourth-order valence-corrected chi connectivity index (χ4v) is 2.07. The summed E-state index contributed by atoms with van der Waals surface area (Å²) >= 11 is 2.17. The zero-order valence-corrected chi connectivity index (χ0v) is 13.2. The molecule has 5 nitrogen and oxygen atoms in total. The molecule has 0 aliphatic heterocycles. The van der Waals surface area contributed by atoms with Crippen molar-refractivity contribution >= 4 is 40.0 Å². The number of hydrogen-bond acceptors (Lipinski definition) is 4. The lowest BCUT2D eigenvalue weighted by Crippen LogP contribution is -2.15. The number of carbonyl (C=O) groups is 1. The average molecular weight is 382 g/mol. The molecule has 0 fully saturated rings. The van der Waals surface area contributed by atoms with E-state index in [0.717, 1.165) is 22.2 Å². The van der Waals surface area contributed by atoms with Gasteiger partial charge in [-0.1, -0.05) is 19.1 Å². The van der Waals surface area contributed by atoms with E-state index in [2.05, 4.69) is 50.3 Å². The molecule has 1 aromatic carbocycles. The molecule has 0 aliphatic carbocycles. The van der Waals surface area contributed by atoms with Crippen LogP contribution in [0, 0.1) is 3.57 Å². The highest BCUT2D eigenvalue weighted by molar-refractivity contribution is 14.1. The lowest BCUT2D eigenvalue weighted by atomic mass is 10.3. The summed E-state index contributed by atoms with van der Waals surface area (Å²) in [5.74, 6) is 0.418. The van der Waals surface area contributed by atoms with Crippen LogP contribution in [0.25, 0.3) is 0 Å². The average Bonchev–Trinajstić information content (AvgIpc) is 2.48. The van der Waals surface area contributed by atoms with Crippen molar-refractivity contribution in [2.24, 2.45) is 0 Å². The summed E-state index contributed by atoms with van der Waals surface area (Å²) in [5, 5.41) is 13.8. The van der Waals surface area contributed by atoms with Gasteiger partial charge in [-0.05, 0) is 53.3 Å². The van der Waals surface area contributed by atoms with Crippen LogP contribution in [0.2, 0.25) is 0 Å². The molecule has 2 rings (SSSR count). The van der Waals surface area contributed by atoms with E-state index in [1.807, 2.05) is 24.3 Å². The Bertz CT molecular complexity index is 586. The summed E-state index contributed by atoms with van der Waals surface area (Å²) in [4.78, 5) is 12.1. The largest absolute Gasteiger partial charge is 0.369 e. The SMILES string of the molecule is CCCNc1ccc(C(=O)Nc2ccccc2I)nn1. The third kappa shape index (κ3) is 3.89. The van der Waals surface area contributed by atoms with Crippen LogP contribution in [0.4, 0.5) is 11.5 Å². The molecular formula is C14H15IN4O. The maximum Gasteiger partial charge on any atom is 0.276 e. The zero-order valence-electron chi connectivity index (χ0n) is 11.1. The summed E-state index contributed by atoms with van der Waals surface area (Å²) in [7, 11) is 0. The van der Waals surface area contributed by atoms with Gasteiger partial charge in [0.25, 0.3) is 5.91 Å². The molecule has 1 aromatic heterocycles. The Balaban J connectivity index is 2.04. The number of amides is 1. The van der Waals surface area contributed by atoms with Crippen LogP contribution in [0.3, 0.4) is 0 Å². The minimum absolute atomic E-state index is 0.261. The fourth-order valence-electron chi connectivity index (χ4n) is 1.55. The highest BCUT2D eigenvalue weighted by Crippen LogP contribution is 2.17. The maximum absolute atomic E-state index is 12.1. The van der Waals surface area contributed by atoms with Gasteiger partial charge in [0.05, 0.1) is 5.69 Å². The summed E-state index contributed by atoms with van der Waals surface area (Å²) in [6.07, 6.45) is 1.01. The van der Waals surface area contributed by atoms with Gasteiger partial charge in [0.1, 0.15) is 5.82 Å². The molecule has 2 aromatic rings. The van der Waals surface area contributed by atoms with Gasteiger partial charge < -0.3 is 10.6 Å². The van der Waals surface area contributed by atoms with Crippen LogP contribution in [0.5, 0.6) is 0 Å². The predicted octanol–water partition coefficient (Wildman–Crippen LogP) is 3.16. The summed E-state index contributed by atoms with van der Waals surface area (Å²) in [5.41, 5.74) is 1.07. The second-order valence-electron chi connectivity index (χ2n) is 4.16. The first-order chi connectivity index (χ1) is 9.70.